The number of sulfonamides is 1. The molecular formula is C28H29F3N6O3S. The predicted octanol–water partition coefficient (Wildman–Crippen LogP) is 5.59. The van der Waals surface area contributed by atoms with Crippen molar-refractivity contribution >= 4 is 32.4 Å². The molecule has 216 valence electrons. The number of alkyl halides is 3. The molecule has 0 saturated carbocycles. The molecule has 1 saturated heterocycles. The lowest BCUT2D eigenvalue weighted by Crippen LogP contribution is -2.39. The second-order valence-electron chi connectivity index (χ2n) is 9.90. The third-order valence-electron chi connectivity index (χ3n) is 6.81. The van der Waals surface area contributed by atoms with E-state index >= 15 is 0 Å². The monoisotopic (exact) mass is 586 g/mol. The minimum Gasteiger partial charge on any atom is -0.438 e. The second-order valence-corrected chi connectivity index (χ2v) is 11.6. The largest absolute Gasteiger partial charge is 0.438 e. The number of pyridine rings is 1. The summed E-state index contributed by atoms with van der Waals surface area (Å²) in [7, 11) is -4.67. The highest BCUT2D eigenvalue weighted by Crippen LogP contribution is 2.37. The van der Waals surface area contributed by atoms with Gasteiger partial charge in [-0.3, -0.25) is 4.72 Å². The van der Waals surface area contributed by atoms with Crippen LogP contribution in [-0.4, -0.2) is 54.4 Å². The lowest BCUT2D eigenvalue weighted by molar-refractivity contribution is -0.106. The minimum absolute atomic E-state index is 0.00671. The lowest BCUT2D eigenvalue weighted by atomic mass is 9.93. The molecule has 0 bridgehead atoms. The van der Waals surface area contributed by atoms with Gasteiger partial charge in [0.2, 0.25) is 21.9 Å². The minimum atomic E-state index is -4.87. The Labute approximate surface area is 235 Å². The van der Waals surface area contributed by atoms with Gasteiger partial charge in [-0.05, 0) is 69.1 Å². The van der Waals surface area contributed by atoms with Gasteiger partial charge in [-0.25, -0.2) is 23.4 Å². The molecule has 13 heteroatoms. The predicted molar refractivity (Wildman–Crippen MR) is 151 cm³/mol. The lowest BCUT2D eigenvalue weighted by Gasteiger charge is -2.28. The van der Waals surface area contributed by atoms with Crippen LogP contribution >= 0.6 is 0 Å². The zero-order chi connectivity index (χ0) is 29.0. The number of nitrogens with zero attached hydrogens (tertiary/aromatic N) is 3. The first-order chi connectivity index (χ1) is 19.6. The summed E-state index contributed by atoms with van der Waals surface area (Å²) < 4.78 is 70.8. The summed E-state index contributed by atoms with van der Waals surface area (Å²) in [5, 5.41) is 7.68. The van der Waals surface area contributed by atoms with Crippen LogP contribution in [0.25, 0.3) is 22.0 Å². The summed E-state index contributed by atoms with van der Waals surface area (Å²) in [4.78, 5) is 13.5. The van der Waals surface area contributed by atoms with Crippen molar-refractivity contribution in [3.63, 3.8) is 0 Å². The average Bonchev–Trinajstić information content (AvgIpc) is 2.94. The van der Waals surface area contributed by atoms with Gasteiger partial charge in [0.05, 0.1) is 16.9 Å². The van der Waals surface area contributed by atoms with Gasteiger partial charge in [-0.1, -0.05) is 24.3 Å². The van der Waals surface area contributed by atoms with Crippen molar-refractivity contribution in [2.75, 3.05) is 28.9 Å². The maximum absolute atomic E-state index is 12.8. The first-order valence-electron chi connectivity index (χ1n) is 13.1. The molecule has 1 fully saturated rings. The van der Waals surface area contributed by atoms with E-state index in [1.165, 1.54) is 12.1 Å². The molecule has 4 aromatic rings. The van der Waals surface area contributed by atoms with E-state index in [1.807, 2.05) is 10.8 Å². The Bertz CT molecular complexity index is 1630. The van der Waals surface area contributed by atoms with E-state index in [0.717, 1.165) is 25.9 Å². The number of nitrogens with one attached hydrogen (secondary N) is 3. The Hall–Kier alpha value is -3.97. The molecule has 41 heavy (non-hydrogen) atoms. The number of fused-ring (bicyclic) bond motifs is 1. The molecule has 1 aliphatic heterocycles. The van der Waals surface area contributed by atoms with Crippen LogP contribution in [0.4, 0.5) is 24.8 Å². The average molecular weight is 587 g/mol. The Morgan fingerprint density at radius 1 is 1.05 bits per heavy atom. The van der Waals surface area contributed by atoms with Crippen LogP contribution < -0.4 is 20.1 Å². The van der Waals surface area contributed by atoms with Gasteiger partial charge in [-0.15, -0.1) is 0 Å². The van der Waals surface area contributed by atoms with E-state index in [2.05, 4.69) is 27.5 Å². The standard InChI is InChI=1S/C28H29F3N6O3S/c1-18(19-6-4-13-32-16-19)35-27-34-15-12-23(36-27)22-9-5-14-33-26(22)40-25-11-10-24(20-7-2-3-8-21(20)25)37-41(38,39)17-28(29,30)31/h2-3,5,7-12,14-15,18-19,32,37H,4,6,13,16-17H2,1H3,(H,34,35,36)/t18?,19-/m0/s1. The van der Waals surface area contributed by atoms with E-state index in [0.29, 0.717) is 39.6 Å². The van der Waals surface area contributed by atoms with Gasteiger partial charge in [-0.2, -0.15) is 13.2 Å². The fourth-order valence-corrected chi connectivity index (χ4v) is 5.86. The van der Waals surface area contributed by atoms with Crippen molar-refractivity contribution in [1.29, 1.82) is 0 Å². The number of ether oxygens (including phenoxy) is 1. The molecule has 0 radical (unpaired) electrons. The molecule has 3 heterocycles. The number of benzene rings is 2. The van der Waals surface area contributed by atoms with Crippen LogP contribution in [0.3, 0.4) is 0 Å². The van der Waals surface area contributed by atoms with Gasteiger partial charge < -0.3 is 15.4 Å². The van der Waals surface area contributed by atoms with Gasteiger partial charge in [0, 0.05) is 29.2 Å². The molecule has 0 amide bonds. The van der Waals surface area contributed by atoms with E-state index in [4.69, 9.17) is 9.72 Å². The summed E-state index contributed by atoms with van der Waals surface area (Å²) in [6, 6.07) is 15.0. The van der Waals surface area contributed by atoms with Gasteiger partial charge in [0.1, 0.15) is 5.75 Å². The zero-order valence-corrected chi connectivity index (χ0v) is 23.0. The highest BCUT2D eigenvalue weighted by Gasteiger charge is 2.35. The maximum Gasteiger partial charge on any atom is 0.404 e. The summed E-state index contributed by atoms with van der Waals surface area (Å²) in [5.74, 6) is -0.461. The second kappa shape index (κ2) is 11.9. The molecule has 1 unspecified atom stereocenters. The van der Waals surface area contributed by atoms with Crippen molar-refractivity contribution < 1.29 is 26.3 Å². The molecule has 2 aromatic carbocycles. The highest BCUT2D eigenvalue weighted by molar-refractivity contribution is 7.92. The molecule has 2 aromatic heterocycles. The molecule has 2 atom stereocenters. The Morgan fingerprint density at radius 2 is 1.85 bits per heavy atom. The molecule has 0 spiro atoms. The maximum atomic E-state index is 12.8. The summed E-state index contributed by atoms with van der Waals surface area (Å²) in [5.41, 5.74) is 1.19. The van der Waals surface area contributed by atoms with Crippen LogP contribution in [0, 0.1) is 5.92 Å². The van der Waals surface area contributed by atoms with Crippen molar-refractivity contribution in [2.45, 2.75) is 32.0 Å². The molecule has 0 aliphatic carbocycles. The number of hydrogen-bond donors (Lipinski definition) is 3. The van der Waals surface area contributed by atoms with E-state index in [-0.39, 0.29) is 17.6 Å². The van der Waals surface area contributed by atoms with Crippen LogP contribution in [0.1, 0.15) is 19.8 Å². The molecule has 3 N–H and O–H groups in total. The quantitative estimate of drug-likeness (QED) is 0.232. The van der Waals surface area contributed by atoms with Crippen LogP contribution in [0.15, 0.2) is 67.0 Å². The number of piperidine rings is 1. The van der Waals surface area contributed by atoms with E-state index < -0.39 is 22.0 Å². The molecule has 1 aliphatic rings. The number of anilines is 2. The SMILES string of the molecule is CC(Nc1nccc(-c2cccnc2Oc2ccc(NS(=O)(=O)CC(F)(F)F)c3ccccc23)n1)[C@H]1CCCNC1. The Morgan fingerprint density at radius 3 is 2.61 bits per heavy atom. The molecule has 9 nitrogen and oxygen atoms in total. The summed E-state index contributed by atoms with van der Waals surface area (Å²) >= 11 is 0. The third kappa shape index (κ3) is 7.22. The third-order valence-corrected chi connectivity index (χ3v) is 8.05. The number of halogens is 3. The zero-order valence-electron chi connectivity index (χ0n) is 22.1. The van der Waals surface area contributed by atoms with Crippen molar-refractivity contribution in [2.24, 2.45) is 5.92 Å². The first kappa shape index (κ1) is 28.6. The van der Waals surface area contributed by atoms with E-state index in [9.17, 15) is 21.6 Å². The van der Waals surface area contributed by atoms with Gasteiger partial charge in [0.15, 0.2) is 5.75 Å². The number of hydrogen-bond acceptors (Lipinski definition) is 8. The smallest absolute Gasteiger partial charge is 0.404 e. The number of aromatic nitrogens is 3. The summed E-state index contributed by atoms with van der Waals surface area (Å²) in [6.45, 7) is 4.08. The fraction of sp³-hybridized carbons (Fsp3) is 0.321. The first-order valence-corrected chi connectivity index (χ1v) is 14.8. The van der Waals surface area contributed by atoms with Crippen molar-refractivity contribution in [1.82, 2.24) is 20.3 Å². The molecule has 5 rings (SSSR count). The van der Waals surface area contributed by atoms with Gasteiger partial charge >= 0.3 is 6.18 Å². The van der Waals surface area contributed by atoms with Gasteiger partial charge in [0.25, 0.3) is 0 Å². The van der Waals surface area contributed by atoms with Crippen molar-refractivity contribution in [3.8, 4) is 22.9 Å². The van der Waals surface area contributed by atoms with E-state index in [1.54, 1.807) is 48.8 Å². The highest BCUT2D eigenvalue weighted by atomic mass is 32.2. The fourth-order valence-electron chi connectivity index (χ4n) is 4.85. The van der Waals surface area contributed by atoms with Crippen LogP contribution in [0.5, 0.6) is 11.6 Å². The van der Waals surface area contributed by atoms with Crippen LogP contribution in [0.2, 0.25) is 0 Å². The van der Waals surface area contributed by atoms with Crippen LogP contribution in [-0.2, 0) is 10.0 Å². The van der Waals surface area contributed by atoms with Crippen molar-refractivity contribution in [3.05, 3.63) is 67.0 Å². The summed E-state index contributed by atoms with van der Waals surface area (Å²) in [6.07, 6.45) is 0.603. The molecular weight excluding hydrogens is 557 g/mol. The normalized spacial score (nSPS) is 16.7. The Balaban J connectivity index is 1.42. The topological polar surface area (TPSA) is 118 Å². The Kier molecular flexibility index (Phi) is 8.27. The number of rotatable bonds is 9.